The highest BCUT2D eigenvalue weighted by atomic mass is 19.4. The number of benzene rings is 1. The Bertz CT molecular complexity index is 574. The number of hydrogen-bond acceptors (Lipinski definition) is 1. The highest BCUT2D eigenvalue weighted by Gasteiger charge is 2.65. The number of phenols is 1. The predicted molar refractivity (Wildman–Crippen MR) is 87.1 cm³/mol. The molecule has 2 aliphatic carbocycles. The maximum Gasteiger partial charge on any atom is 0.398 e. The molecule has 0 amide bonds. The molecule has 0 spiro atoms. The normalized spacial score (nSPS) is 19.8. The lowest BCUT2D eigenvalue weighted by Crippen LogP contribution is -2.29. The van der Waals surface area contributed by atoms with Gasteiger partial charge < -0.3 is 5.11 Å². The Labute approximate surface area is 136 Å². The van der Waals surface area contributed by atoms with Crippen LogP contribution in [0.5, 0.6) is 5.75 Å². The van der Waals surface area contributed by atoms with Gasteiger partial charge in [0.05, 0.1) is 5.41 Å². The molecule has 1 aromatic rings. The summed E-state index contributed by atoms with van der Waals surface area (Å²) < 4.78 is 40.1. The average Bonchev–Trinajstić information content (AvgIpc) is 3.30. The molecule has 0 unspecified atom stereocenters. The summed E-state index contributed by atoms with van der Waals surface area (Å²) in [5.74, 6) is 0.222. The minimum atomic E-state index is -4.29. The van der Waals surface area contributed by atoms with Crippen molar-refractivity contribution in [2.75, 3.05) is 0 Å². The minimum absolute atomic E-state index is 0.0734. The molecule has 0 heterocycles. The van der Waals surface area contributed by atoms with Gasteiger partial charge in [-0.2, -0.15) is 13.2 Å². The lowest BCUT2D eigenvalue weighted by molar-refractivity contribution is -0.161. The summed E-state index contributed by atoms with van der Waals surface area (Å²) >= 11 is 0. The van der Waals surface area contributed by atoms with Gasteiger partial charge in [-0.05, 0) is 54.2 Å². The Morgan fingerprint density at radius 3 is 1.91 bits per heavy atom. The van der Waals surface area contributed by atoms with Crippen LogP contribution in [-0.2, 0) is 10.8 Å². The quantitative estimate of drug-likeness (QED) is 0.686. The summed E-state index contributed by atoms with van der Waals surface area (Å²) in [6, 6.07) is 3.23. The molecule has 0 atom stereocenters. The van der Waals surface area contributed by atoms with Gasteiger partial charge in [0.1, 0.15) is 5.75 Å². The number of aromatic hydroxyl groups is 1. The van der Waals surface area contributed by atoms with E-state index in [2.05, 4.69) is 0 Å². The Balaban J connectivity index is 0.000000924. The van der Waals surface area contributed by atoms with Gasteiger partial charge in [-0.1, -0.05) is 40.7 Å². The molecular weight excluding hydrogens is 301 g/mol. The van der Waals surface area contributed by atoms with Crippen molar-refractivity contribution in [3.63, 3.8) is 0 Å². The molecule has 0 bridgehead atoms. The highest BCUT2D eigenvalue weighted by Crippen LogP contribution is 2.61. The molecule has 1 N–H and O–H groups in total. The SMILES string of the molecule is CC.CC(C)(C)c1cc(C2(C(F)(F)F)CC2)c(O)cc1C1CC1. The largest absolute Gasteiger partial charge is 0.508 e. The van der Waals surface area contributed by atoms with Crippen molar-refractivity contribution in [3.8, 4) is 5.75 Å². The van der Waals surface area contributed by atoms with Gasteiger partial charge in [0.2, 0.25) is 0 Å². The van der Waals surface area contributed by atoms with Crippen LogP contribution in [0.2, 0.25) is 0 Å². The van der Waals surface area contributed by atoms with Gasteiger partial charge in [0.15, 0.2) is 0 Å². The van der Waals surface area contributed by atoms with E-state index in [1.54, 1.807) is 12.1 Å². The molecule has 0 radical (unpaired) electrons. The Hall–Kier alpha value is -1.19. The molecule has 130 valence electrons. The molecular formula is C19H27F3O. The molecule has 2 saturated carbocycles. The minimum Gasteiger partial charge on any atom is -0.508 e. The fourth-order valence-electron chi connectivity index (χ4n) is 3.20. The molecule has 0 saturated heterocycles. The molecule has 0 aromatic heterocycles. The van der Waals surface area contributed by atoms with Crippen LogP contribution in [-0.4, -0.2) is 11.3 Å². The van der Waals surface area contributed by atoms with Gasteiger partial charge in [0, 0.05) is 5.56 Å². The topological polar surface area (TPSA) is 20.2 Å². The van der Waals surface area contributed by atoms with Crippen molar-refractivity contribution in [1.82, 2.24) is 0 Å². The van der Waals surface area contributed by atoms with Crippen molar-refractivity contribution in [2.45, 2.75) is 83.2 Å². The lowest BCUT2D eigenvalue weighted by atomic mass is 9.79. The van der Waals surface area contributed by atoms with E-state index in [1.807, 2.05) is 34.6 Å². The van der Waals surface area contributed by atoms with Crippen LogP contribution in [0.15, 0.2) is 12.1 Å². The van der Waals surface area contributed by atoms with Crippen molar-refractivity contribution in [2.24, 2.45) is 0 Å². The zero-order valence-electron chi connectivity index (χ0n) is 14.6. The van der Waals surface area contributed by atoms with Gasteiger partial charge in [-0.25, -0.2) is 0 Å². The fourth-order valence-corrected chi connectivity index (χ4v) is 3.20. The van der Waals surface area contributed by atoms with Crippen LogP contribution in [0.4, 0.5) is 13.2 Å². The van der Waals surface area contributed by atoms with Gasteiger partial charge in [0.25, 0.3) is 0 Å². The van der Waals surface area contributed by atoms with Crippen molar-refractivity contribution >= 4 is 0 Å². The maximum absolute atomic E-state index is 13.4. The van der Waals surface area contributed by atoms with Crippen LogP contribution in [0, 0.1) is 0 Å². The van der Waals surface area contributed by atoms with E-state index in [-0.39, 0.29) is 29.6 Å². The summed E-state index contributed by atoms with van der Waals surface area (Å²) in [5, 5.41) is 10.2. The number of phenolic OH excluding ortho intramolecular Hbond substituents is 1. The zero-order valence-corrected chi connectivity index (χ0v) is 14.6. The summed E-state index contributed by atoms with van der Waals surface area (Å²) in [7, 11) is 0. The Kier molecular flexibility index (Phi) is 4.51. The van der Waals surface area contributed by atoms with Crippen LogP contribution < -0.4 is 0 Å². The third-order valence-corrected chi connectivity index (χ3v) is 4.80. The van der Waals surface area contributed by atoms with Crippen LogP contribution >= 0.6 is 0 Å². The van der Waals surface area contributed by atoms with E-state index in [9.17, 15) is 18.3 Å². The zero-order chi connectivity index (χ0) is 17.6. The second-order valence-corrected chi connectivity index (χ2v) is 7.56. The first-order valence-corrected chi connectivity index (χ1v) is 8.51. The molecule has 2 aliphatic rings. The Morgan fingerprint density at radius 1 is 1.04 bits per heavy atom. The van der Waals surface area contributed by atoms with Crippen molar-refractivity contribution < 1.29 is 18.3 Å². The first-order valence-electron chi connectivity index (χ1n) is 8.51. The molecule has 2 fully saturated rings. The van der Waals surface area contributed by atoms with Crippen molar-refractivity contribution in [1.29, 1.82) is 0 Å². The van der Waals surface area contributed by atoms with E-state index in [4.69, 9.17) is 0 Å². The summed E-state index contributed by atoms with van der Waals surface area (Å²) in [6.45, 7) is 10.0. The molecule has 3 rings (SSSR count). The molecule has 23 heavy (non-hydrogen) atoms. The number of alkyl halides is 3. The predicted octanol–water partition coefficient (Wildman–Crippen LogP) is 6.19. The first-order chi connectivity index (χ1) is 10.6. The summed E-state index contributed by atoms with van der Waals surface area (Å²) in [6.07, 6.45) is -2.01. The third-order valence-electron chi connectivity index (χ3n) is 4.80. The highest BCUT2D eigenvalue weighted by molar-refractivity contribution is 5.52. The molecule has 4 heteroatoms. The molecule has 1 aromatic carbocycles. The average molecular weight is 328 g/mol. The molecule has 1 nitrogen and oxygen atoms in total. The van der Waals surface area contributed by atoms with E-state index in [1.165, 1.54) is 0 Å². The third kappa shape index (κ3) is 3.22. The second-order valence-electron chi connectivity index (χ2n) is 7.56. The van der Waals surface area contributed by atoms with E-state index < -0.39 is 11.6 Å². The monoisotopic (exact) mass is 328 g/mol. The number of rotatable bonds is 2. The van der Waals surface area contributed by atoms with Crippen molar-refractivity contribution in [3.05, 3.63) is 28.8 Å². The van der Waals surface area contributed by atoms with Gasteiger partial charge >= 0.3 is 6.18 Å². The second kappa shape index (κ2) is 5.71. The summed E-state index contributed by atoms with van der Waals surface area (Å²) in [5.41, 5.74) is 0.0145. The summed E-state index contributed by atoms with van der Waals surface area (Å²) in [4.78, 5) is 0. The molecule has 0 aliphatic heterocycles. The first kappa shape index (κ1) is 18.2. The fraction of sp³-hybridized carbons (Fsp3) is 0.684. The van der Waals surface area contributed by atoms with Crippen LogP contribution in [0.25, 0.3) is 0 Å². The standard InChI is InChI=1S/C17H21F3O.C2H6/c1-15(2,3)12-9-13(16(6-7-16)17(18,19)20)14(21)8-11(12)10-4-5-10;1-2/h8-10,21H,4-7H2,1-3H3;1-2H3. The van der Waals surface area contributed by atoms with Crippen LogP contribution in [0.3, 0.4) is 0 Å². The van der Waals surface area contributed by atoms with Crippen LogP contribution in [0.1, 0.15) is 82.9 Å². The smallest absolute Gasteiger partial charge is 0.398 e. The van der Waals surface area contributed by atoms with E-state index in [0.29, 0.717) is 5.92 Å². The maximum atomic E-state index is 13.4. The number of hydrogen-bond donors (Lipinski definition) is 1. The number of halogens is 3. The lowest BCUT2D eigenvalue weighted by Gasteiger charge is -2.28. The van der Waals surface area contributed by atoms with Gasteiger partial charge in [-0.3, -0.25) is 0 Å². The van der Waals surface area contributed by atoms with E-state index in [0.717, 1.165) is 24.0 Å². The van der Waals surface area contributed by atoms with Gasteiger partial charge in [-0.15, -0.1) is 0 Å². The Morgan fingerprint density at radius 2 is 1.57 bits per heavy atom. The van der Waals surface area contributed by atoms with E-state index >= 15 is 0 Å².